The van der Waals surface area contributed by atoms with Crippen molar-refractivity contribution in [2.45, 2.75) is 12.8 Å². The standard InChI is InChI=1S/C6H10O2/c7-3-1-6-2-4-8-5-6/h3,6H,1-2,4-5H2/t6-/m0/s1. The molecule has 1 atom stereocenters. The molecule has 0 unspecified atom stereocenters. The molecule has 2 heteroatoms. The van der Waals surface area contributed by atoms with Crippen LogP contribution in [-0.4, -0.2) is 19.5 Å². The summed E-state index contributed by atoms with van der Waals surface area (Å²) < 4.78 is 5.05. The molecule has 0 spiro atoms. The van der Waals surface area contributed by atoms with Gasteiger partial charge in [0.25, 0.3) is 0 Å². The Balaban J connectivity index is 2.14. The molecule has 0 amide bonds. The summed E-state index contributed by atoms with van der Waals surface area (Å²) in [5.74, 6) is 0.521. The van der Waals surface area contributed by atoms with E-state index in [9.17, 15) is 4.79 Å². The van der Waals surface area contributed by atoms with Crippen molar-refractivity contribution in [2.75, 3.05) is 13.2 Å². The molecule has 0 aliphatic carbocycles. The van der Waals surface area contributed by atoms with Crippen LogP contribution in [0.2, 0.25) is 0 Å². The molecule has 1 aliphatic rings. The monoisotopic (exact) mass is 114 g/mol. The highest BCUT2D eigenvalue weighted by atomic mass is 16.5. The molecule has 46 valence electrons. The van der Waals surface area contributed by atoms with Crippen molar-refractivity contribution in [1.82, 2.24) is 0 Å². The van der Waals surface area contributed by atoms with Gasteiger partial charge >= 0.3 is 0 Å². The first kappa shape index (κ1) is 5.76. The summed E-state index contributed by atoms with van der Waals surface area (Å²) in [6, 6.07) is 0. The number of ether oxygens (including phenoxy) is 1. The molecule has 0 aromatic carbocycles. The molecule has 8 heavy (non-hydrogen) atoms. The summed E-state index contributed by atoms with van der Waals surface area (Å²) in [4.78, 5) is 9.91. The van der Waals surface area contributed by atoms with E-state index in [0.717, 1.165) is 25.9 Å². The summed E-state index contributed by atoms with van der Waals surface area (Å²) in [6.07, 6.45) is 2.72. The van der Waals surface area contributed by atoms with Gasteiger partial charge in [0.1, 0.15) is 6.29 Å². The van der Waals surface area contributed by atoms with Gasteiger partial charge in [-0.25, -0.2) is 0 Å². The number of carbonyl (C=O) groups excluding carboxylic acids is 1. The van der Waals surface area contributed by atoms with Crippen LogP contribution < -0.4 is 0 Å². The lowest BCUT2D eigenvalue weighted by atomic mass is 10.1. The van der Waals surface area contributed by atoms with Crippen LogP contribution in [0.5, 0.6) is 0 Å². The predicted octanol–water partition coefficient (Wildman–Crippen LogP) is 0.612. The summed E-state index contributed by atoms with van der Waals surface area (Å²) >= 11 is 0. The van der Waals surface area contributed by atoms with E-state index in [4.69, 9.17) is 4.74 Å². The van der Waals surface area contributed by atoms with Crippen LogP contribution >= 0.6 is 0 Å². The molecule has 1 rings (SSSR count). The van der Waals surface area contributed by atoms with Gasteiger partial charge in [-0.1, -0.05) is 0 Å². The second kappa shape index (κ2) is 2.82. The second-order valence-corrected chi connectivity index (χ2v) is 2.13. The van der Waals surface area contributed by atoms with Gasteiger partial charge in [-0.15, -0.1) is 0 Å². The molecular weight excluding hydrogens is 104 g/mol. The molecule has 0 N–H and O–H groups in total. The summed E-state index contributed by atoms with van der Waals surface area (Å²) in [5, 5.41) is 0. The molecule has 0 saturated carbocycles. The zero-order chi connectivity index (χ0) is 5.82. The first-order valence-corrected chi connectivity index (χ1v) is 2.95. The lowest BCUT2D eigenvalue weighted by Gasteiger charge is -1.96. The van der Waals surface area contributed by atoms with Crippen molar-refractivity contribution in [2.24, 2.45) is 5.92 Å². The van der Waals surface area contributed by atoms with E-state index in [0.29, 0.717) is 12.3 Å². The third kappa shape index (κ3) is 1.30. The highest BCUT2D eigenvalue weighted by Gasteiger charge is 2.13. The van der Waals surface area contributed by atoms with Gasteiger partial charge in [0.15, 0.2) is 0 Å². The highest BCUT2D eigenvalue weighted by molar-refractivity contribution is 5.49. The van der Waals surface area contributed by atoms with Crippen molar-refractivity contribution in [3.8, 4) is 0 Å². The van der Waals surface area contributed by atoms with Crippen LogP contribution in [0.4, 0.5) is 0 Å². The van der Waals surface area contributed by atoms with E-state index in [-0.39, 0.29) is 0 Å². The minimum atomic E-state index is 0.521. The van der Waals surface area contributed by atoms with Crippen LogP contribution in [0.1, 0.15) is 12.8 Å². The molecule has 0 aromatic rings. The van der Waals surface area contributed by atoms with Crippen LogP contribution in [0.15, 0.2) is 0 Å². The smallest absolute Gasteiger partial charge is 0.120 e. The van der Waals surface area contributed by atoms with Crippen LogP contribution in [0.25, 0.3) is 0 Å². The Bertz CT molecular complexity index is 74.6. The van der Waals surface area contributed by atoms with E-state index >= 15 is 0 Å². The zero-order valence-electron chi connectivity index (χ0n) is 4.80. The van der Waals surface area contributed by atoms with Crippen molar-refractivity contribution >= 4 is 6.29 Å². The fraction of sp³-hybridized carbons (Fsp3) is 0.833. The van der Waals surface area contributed by atoms with E-state index in [1.165, 1.54) is 0 Å². The first-order valence-electron chi connectivity index (χ1n) is 2.95. The largest absolute Gasteiger partial charge is 0.381 e. The molecule has 0 aromatic heterocycles. The highest BCUT2D eigenvalue weighted by Crippen LogP contribution is 2.13. The van der Waals surface area contributed by atoms with Crippen molar-refractivity contribution in [3.63, 3.8) is 0 Å². The predicted molar refractivity (Wildman–Crippen MR) is 29.6 cm³/mol. The van der Waals surface area contributed by atoms with Gasteiger partial charge < -0.3 is 9.53 Å². The number of rotatable bonds is 2. The molecule has 1 saturated heterocycles. The van der Waals surface area contributed by atoms with Crippen molar-refractivity contribution in [3.05, 3.63) is 0 Å². The van der Waals surface area contributed by atoms with Gasteiger partial charge in [0.2, 0.25) is 0 Å². The molecule has 1 aliphatic heterocycles. The third-order valence-corrected chi connectivity index (χ3v) is 1.45. The SMILES string of the molecule is O=CC[C@H]1CCOC1. The van der Waals surface area contributed by atoms with Crippen LogP contribution in [-0.2, 0) is 9.53 Å². The zero-order valence-corrected chi connectivity index (χ0v) is 4.80. The second-order valence-electron chi connectivity index (χ2n) is 2.13. The Morgan fingerprint density at radius 1 is 1.75 bits per heavy atom. The topological polar surface area (TPSA) is 26.3 Å². The quantitative estimate of drug-likeness (QED) is 0.492. The third-order valence-electron chi connectivity index (χ3n) is 1.45. The lowest BCUT2D eigenvalue weighted by Crippen LogP contribution is -1.98. The Kier molecular flexibility index (Phi) is 2.03. The summed E-state index contributed by atoms with van der Waals surface area (Å²) in [5.41, 5.74) is 0. The average molecular weight is 114 g/mol. The fourth-order valence-corrected chi connectivity index (χ4v) is 0.905. The Labute approximate surface area is 48.8 Å². The number of aldehydes is 1. The molecule has 1 heterocycles. The minimum Gasteiger partial charge on any atom is -0.381 e. The molecule has 1 fully saturated rings. The maximum atomic E-state index is 9.91. The normalized spacial score (nSPS) is 28.2. The van der Waals surface area contributed by atoms with Gasteiger partial charge in [-0.2, -0.15) is 0 Å². The Hall–Kier alpha value is -0.370. The van der Waals surface area contributed by atoms with Crippen molar-refractivity contribution < 1.29 is 9.53 Å². The van der Waals surface area contributed by atoms with E-state index in [1.807, 2.05) is 0 Å². The summed E-state index contributed by atoms with van der Waals surface area (Å²) in [7, 11) is 0. The van der Waals surface area contributed by atoms with E-state index in [1.54, 1.807) is 0 Å². The van der Waals surface area contributed by atoms with Gasteiger partial charge in [-0.05, 0) is 12.3 Å². The van der Waals surface area contributed by atoms with Crippen molar-refractivity contribution in [1.29, 1.82) is 0 Å². The number of carbonyl (C=O) groups is 1. The maximum Gasteiger partial charge on any atom is 0.120 e. The average Bonchev–Trinajstić information content (AvgIpc) is 2.19. The Morgan fingerprint density at radius 2 is 2.62 bits per heavy atom. The molecule has 0 bridgehead atoms. The molecule has 2 nitrogen and oxygen atoms in total. The Morgan fingerprint density at radius 3 is 3.12 bits per heavy atom. The van der Waals surface area contributed by atoms with Gasteiger partial charge in [0.05, 0.1) is 0 Å². The molecule has 0 radical (unpaired) electrons. The molecular formula is C6H10O2. The maximum absolute atomic E-state index is 9.91. The lowest BCUT2D eigenvalue weighted by molar-refractivity contribution is -0.108. The van der Waals surface area contributed by atoms with Gasteiger partial charge in [-0.3, -0.25) is 0 Å². The first-order chi connectivity index (χ1) is 3.93. The summed E-state index contributed by atoms with van der Waals surface area (Å²) in [6.45, 7) is 1.64. The van der Waals surface area contributed by atoms with Crippen LogP contribution in [0.3, 0.4) is 0 Å². The minimum absolute atomic E-state index is 0.521. The number of hydrogen-bond acceptors (Lipinski definition) is 2. The van der Waals surface area contributed by atoms with E-state index < -0.39 is 0 Å². The number of hydrogen-bond donors (Lipinski definition) is 0. The van der Waals surface area contributed by atoms with Crippen LogP contribution in [0, 0.1) is 5.92 Å². The fourth-order valence-electron chi connectivity index (χ4n) is 0.905. The van der Waals surface area contributed by atoms with E-state index in [2.05, 4.69) is 0 Å². The van der Waals surface area contributed by atoms with Gasteiger partial charge in [0, 0.05) is 19.6 Å².